The van der Waals surface area contributed by atoms with Crippen LogP contribution >= 0.6 is 0 Å². The summed E-state index contributed by atoms with van der Waals surface area (Å²) in [4.78, 5) is 25.0. The van der Waals surface area contributed by atoms with Crippen molar-refractivity contribution in [1.29, 1.82) is 0 Å². The summed E-state index contributed by atoms with van der Waals surface area (Å²) in [6.45, 7) is 12.0. The van der Waals surface area contributed by atoms with Crippen LogP contribution in [0.15, 0.2) is 18.5 Å². The largest absolute Gasteiger partial charge is 0.356 e. The monoisotopic (exact) mass is 319 g/mol. The van der Waals surface area contributed by atoms with Gasteiger partial charge in [-0.15, -0.1) is 0 Å². The van der Waals surface area contributed by atoms with E-state index in [0.717, 1.165) is 51.6 Å². The zero-order chi connectivity index (χ0) is 16.7. The van der Waals surface area contributed by atoms with Crippen LogP contribution in [-0.2, 0) is 4.79 Å². The average molecular weight is 319 g/mol. The van der Waals surface area contributed by atoms with E-state index in [1.165, 1.54) is 0 Å². The van der Waals surface area contributed by atoms with Crippen molar-refractivity contribution < 1.29 is 4.79 Å². The minimum absolute atomic E-state index is 0.0555. The molecule has 0 aromatic carbocycles. The van der Waals surface area contributed by atoms with Gasteiger partial charge < -0.3 is 10.2 Å². The van der Waals surface area contributed by atoms with Crippen LogP contribution in [0, 0.1) is 5.41 Å². The lowest BCUT2D eigenvalue weighted by Crippen LogP contribution is -2.47. The van der Waals surface area contributed by atoms with Gasteiger partial charge in [0.25, 0.3) is 0 Å². The van der Waals surface area contributed by atoms with Gasteiger partial charge in [-0.25, -0.2) is 9.97 Å². The molecule has 0 saturated carbocycles. The molecule has 0 aliphatic carbocycles. The highest BCUT2D eigenvalue weighted by Crippen LogP contribution is 2.17. The van der Waals surface area contributed by atoms with Crippen LogP contribution in [0.1, 0.15) is 33.6 Å². The van der Waals surface area contributed by atoms with Gasteiger partial charge in [0.1, 0.15) is 0 Å². The first-order valence-electron chi connectivity index (χ1n) is 8.45. The highest BCUT2D eigenvalue weighted by molar-refractivity contribution is 5.76. The van der Waals surface area contributed by atoms with Crippen LogP contribution in [0.4, 0.5) is 5.95 Å². The number of rotatable bonds is 6. The Morgan fingerprint density at radius 2 is 1.83 bits per heavy atom. The standard InChI is InChI=1S/C17H29N5O/c1-17(2,3)14-15(23)18-8-5-9-21-10-12-22(13-11-21)16-19-6-4-7-20-16/h4,6-7H,5,8-14H2,1-3H3,(H,18,23). The number of anilines is 1. The Kier molecular flexibility index (Phi) is 6.33. The molecule has 1 amide bonds. The third-order valence-electron chi connectivity index (χ3n) is 3.87. The molecular weight excluding hydrogens is 290 g/mol. The Morgan fingerprint density at radius 3 is 2.43 bits per heavy atom. The molecule has 1 aliphatic heterocycles. The van der Waals surface area contributed by atoms with Gasteiger partial charge in [0.05, 0.1) is 0 Å². The molecule has 1 fully saturated rings. The third-order valence-corrected chi connectivity index (χ3v) is 3.87. The molecule has 1 N–H and O–H groups in total. The first-order chi connectivity index (χ1) is 10.9. The van der Waals surface area contributed by atoms with E-state index in [-0.39, 0.29) is 11.3 Å². The molecular formula is C17H29N5O. The van der Waals surface area contributed by atoms with Crippen LogP contribution in [0.2, 0.25) is 0 Å². The first kappa shape index (κ1) is 17.7. The smallest absolute Gasteiger partial charge is 0.225 e. The predicted molar refractivity (Wildman–Crippen MR) is 92.4 cm³/mol. The van der Waals surface area contributed by atoms with Crippen molar-refractivity contribution in [3.8, 4) is 0 Å². The van der Waals surface area contributed by atoms with E-state index in [2.05, 4.69) is 45.9 Å². The molecule has 6 nitrogen and oxygen atoms in total. The van der Waals surface area contributed by atoms with E-state index in [1.54, 1.807) is 12.4 Å². The molecule has 6 heteroatoms. The zero-order valence-electron chi connectivity index (χ0n) is 14.6. The molecule has 23 heavy (non-hydrogen) atoms. The second-order valence-corrected chi connectivity index (χ2v) is 7.32. The summed E-state index contributed by atoms with van der Waals surface area (Å²) in [5, 5.41) is 3.02. The van der Waals surface area contributed by atoms with Gasteiger partial charge in [0.15, 0.2) is 0 Å². The summed E-state index contributed by atoms with van der Waals surface area (Å²) < 4.78 is 0. The van der Waals surface area contributed by atoms with Gasteiger partial charge in [-0.2, -0.15) is 0 Å². The third kappa shape index (κ3) is 6.52. The van der Waals surface area contributed by atoms with Gasteiger partial charge >= 0.3 is 0 Å². The van der Waals surface area contributed by atoms with Crippen molar-refractivity contribution in [2.24, 2.45) is 5.41 Å². The summed E-state index contributed by atoms with van der Waals surface area (Å²) in [6, 6.07) is 1.84. The summed E-state index contributed by atoms with van der Waals surface area (Å²) in [5.41, 5.74) is 0.0555. The van der Waals surface area contributed by atoms with E-state index < -0.39 is 0 Å². The molecule has 0 unspecified atom stereocenters. The van der Waals surface area contributed by atoms with E-state index in [9.17, 15) is 4.79 Å². The van der Waals surface area contributed by atoms with Gasteiger partial charge in [0, 0.05) is 51.5 Å². The Hall–Kier alpha value is -1.69. The quantitative estimate of drug-likeness (QED) is 0.806. The molecule has 0 atom stereocenters. The number of carbonyl (C=O) groups excluding carboxylic acids is 1. The molecule has 2 rings (SSSR count). The zero-order valence-corrected chi connectivity index (χ0v) is 14.6. The fourth-order valence-electron chi connectivity index (χ4n) is 2.70. The SMILES string of the molecule is CC(C)(C)CC(=O)NCCCN1CCN(c2ncccn2)CC1. The fraction of sp³-hybridized carbons (Fsp3) is 0.706. The summed E-state index contributed by atoms with van der Waals surface area (Å²) in [7, 11) is 0. The van der Waals surface area contributed by atoms with Crippen LogP contribution in [-0.4, -0.2) is 60.0 Å². The summed E-state index contributed by atoms with van der Waals surface area (Å²) in [6.07, 6.45) is 5.16. The topological polar surface area (TPSA) is 61.4 Å². The van der Waals surface area contributed by atoms with Gasteiger partial charge in [-0.1, -0.05) is 20.8 Å². The van der Waals surface area contributed by atoms with Crippen LogP contribution < -0.4 is 10.2 Å². The average Bonchev–Trinajstić information content (AvgIpc) is 2.51. The van der Waals surface area contributed by atoms with Gasteiger partial charge in [-0.05, 0) is 24.4 Å². The van der Waals surface area contributed by atoms with Crippen molar-refractivity contribution >= 4 is 11.9 Å². The molecule has 0 spiro atoms. The minimum Gasteiger partial charge on any atom is -0.356 e. The van der Waals surface area contributed by atoms with E-state index in [0.29, 0.717) is 6.42 Å². The lowest BCUT2D eigenvalue weighted by atomic mass is 9.92. The summed E-state index contributed by atoms with van der Waals surface area (Å²) in [5.74, 6) is 0.977. The molecule has 1 aromatic rings. The van der Waals surface area contributed by atoms with Crippen LogP contribution in [0.25, 0.3) is 0 Å². The van der Waals surface area contributed by atoms with E-state index >= 15 is 0 Å². The van der Waals surface area contributed by atoms with Gasteiger partial charge in [0.2, 0.25) is 11.9 Å². The highest BCUT2D eigenvalue weighted by atomic mass is 16.1. The van der Waals surface area contributed by atoms with E-state index in [1.807, 2.05) is 6.07 Å². The second kappa shape index (κ2) is 8.24. The maximum Gasteiger partial charge on any atom is 0.225 e. The lowest BCUT2D eigenvalue weighted by molar-refractivity contribution is -0.122. The predicted octanol–water partition coefficient (Wildman–Crippen LogP) is 1.54. The van der Waals surface area contributed by atoms with Crippen molar-refractivity contribution in [2.75, 3.05) is 44.2 Å². The molecule has 0 radical (unpaired) electrons. The summed E-state index contributed by atoms with van der Waals surface area (Å²) >= 11 is 0. The molecule has 128 valence electrons. The number of nitrogens with one attached hydrogen (secondary N) is 1. The van der Waals surface area contributed by atoms with Crippen molar-refractivity contribution in [1.82, 2.24) is 20.2 Å². The number of amides is 1. The number of hydrogen-bond acceptors (Lipinski definition) is 5. The van der Waals surface area contributed by atoms with Crippen LogP contribution in [0.5, 0.6) is 0 Å². The second-order valence-electron chi connectivity index (χ2n) is 7.32. The Balaban J connectivity index is 1.59. The molecule has 2 heterocycles. The first-order valence-corrected chi connectivity index (χ1v) is 8.45. The molecule has 1 aromatic heterocycles. The fourth-order valence-corrected chi connectivity index (χ4v) is 2.70. The lowest BCUT2D eigenvalue weighted by Gasteiger charge is -2.34. The van der Waals surface area contributed by atoms with E-state index in [4.69, 9.17) is 0 Å². The van der Waals surface area contributed by atoms with Crippen molar-refractivity contribution in [3.05, 3.63) is 18.5 Å². The Bertz CT molecular complexity index is 478. The van der Waals surface area contributed by atoms with Gasteiger partial charge in [-0.3, -0.25) is 9.69 Å². The maximum absolute atomic E-state index is 11.8. The molecule has 0 bridgehead atoms. The minimum atomic E-state index is 0.0555. The van der Waals surface area contributed by atoms with Crippen molar-refractivity contribution in [3.63, 3.8) is 0 Å². The number of carbonyl (C=O) groups is 1. The normalized spacial score (nSPS) is 16.4. The number of nitrogens with zero attached hydrogens (tertiary/aromatic N) is 4. The van der Waals surface area contributed by atoms with Crippen LogP contribution in [0.3, 0.4) is 0 Å². The highest BCUT2D eigenvalue weighted by Gasteiger charge is 2.18. The maximum atomic E-state index is 11.8. The van der Waals surface area contributed by atoms with Crippen molar-refractivity contribution in [2.45, 2.75) is 33.6 Å². The number of piperazine rings is 1. The number of aromatic nitrogens is 2. The molecule has 1 aliphatic rings. The molecule has 1 saturated heterocycles. The number of hydrogen-bond donors (Lipinski definition) is 1. The Labute approximate surface area is 139 Å². The Morgan fingerprint density at radius 1 is 1.17 bits per heavy atom.